The minimum atomic E-state index is 0.503. The van der Waals surface area contributed by atoms with Crippen molar-refractivity contribution in [1.82, 2.24) is 29.6 Å². The van der Waals surface area contributed by atoms with Crippen molar-refractivity contribution in [3.05, 3.63) is 66.6 Å². The van der Waals surface area contributed by atoms with E-state index in [2.05, 4.69) is 53.8 Å². The molecule has 8 heteroatoms. The normalized spacial score (nSPS) is 11.1. The molecule has 2 aromatic carbocycles. The molecule has 0 fully saturated rings. The molecule has 0 saturated carbocycles. The van der Waals surface area contributed by atoms with E-state index < -0.39 is 0 Å². The summed E-state index contributed by atoms with van der Waals surface area (Å²) in [7, 11) is 4.06. The van der Waals surface area contributed by atoms with Crippen LogP contribution in [0.1, 0.15) is 5.56 Å². The van der Waals surface area contributed by atoms with Crippen LogP contribution in [0.2, 0.25) is 0 Å². The predicted octanol–water partition coefficient (Wildman–Crippen LogP) is 2.99. The first-order chi connectivity index (χ1) is 14.2. The lowest BCUT2D eigenvalue weighted by atomic mass is 10.2. The van der Waals surface area contributed by atoms with Gasteiger partial charge in [-0.3, -0.25) is 4.68 Å². The van der Waals surface area contributed by atoms with Gasteiger partial charge in [0, 0.05) is 24.2 Å². The Hall–Kier alpha value is -3.52. The van der Waals surface area contributed by atoms with E-state index in [9.17, 15) is 0 Å². The number of anilines is 3. The van der Waals surface area contributed by atoms with Crippen LogP contribution in [0, 0.1) is 0 Å². The first-order valence-electron chi connectivity index (χ1n) is 9.51. The van der Waals surface area contributed by atoms with Crippen LogP contribution in [0.4, 0.5) is 17.6 Å². The van der Waals surface area contributed by atoms with Crippen LogP contribution >= 0.6 is 0 Å². The van der Waals surface area contributed by atoms with Crippen molar-refractivity contribution < 1.29 is 0 Å². The van der Waals surface area contributed by atoms with E-state index in [1.807, 2.05) is 55.3 Å². The highest BCUT2D eigenvalue weighted by Gasteiger charge is 2.06. The van der Waals surface area contributed by atoms with Crippen molar-refractivity contribution in [2.45, 2.75) is 6.54 Å². The average molecular weight is 388 g/mol. The minimum Gasteiger partial charge on any atom is -0.353 e. The average Bonchev–Trinajstić information content (AvgIpc) is 3.11. The maximum absolute atomic E-state index is 4.53. The Morgan fingerprint density at radius 1 is 1.00 bits per heavy atom. The number of rotatable bonds is 8. The molecule has 4 aromatic rings. The summed E-state index contributed by atoms with van der Waals surface area (Å²) < 4.78 is 2.00. The van der Waals surface area contributed by atoms with Crippen LogP contribution < -0.4 is 10.6 Å². The third kappa shape index (κ3) is 4.85. The van der Waals surface area contributed by atoms with Gasteiger partial charge in [0.2, 0.25) is 11.9 Å². The Morgan fingerprint density at radius 2 is 1.83 bits per heavy atom. The molecule has 0 aliphatic heterocycles. The smallest absolute Gasteiger partial charge is 0.231 e. The Kier molecular flexibility index (Phi) is 5.62. The van der Waals surface area contributed by atoms with Gasteiger partial charge in [-0.2, -0.15) is 10.1 Å². The van der Waals surface area contributed by atoms with Gasteiger partial charge in [0.15, 0.2) is 0 Å². The zero-order chi connectivity index (χ0) is 20.1. The molecule has 0 atom stereocenters. The van der Waals surface area contributed by atoms with E-state index in [1.165, 1.54) is 11.9 Å². The molecule has 29 heavy (non-hydrogen) atoms. The standard InChI is InChI=1S/C21H24N8/c1-28(2)11-10-22-20-23-15-24-21(27-20)26-18-8-9-19-17(12-18)13-25-29(19)14-16-6-4-3-5-7-16/h3-9,12-13,15H,10-11,14H2,1-2H3,(H2,22,23,24,26,27). The van der Waals surface area contributed by atoms with Gasteiger partial charge in [0.25, 0.3) is 0 Å². The van der Waals surface area contributed by atoms with Crippen LogP contribution in [-0.2, 0) is 6.54 Å². The number of fused-ring (bicyclic) bond motifs is 1. The fraction of sp³-hybridized carbons (Fsp3) is 0.238. The lowest BCUT2D eigenvalue weighted by molar-refractivity contribution is 0.425. The van der Waals surface area contributed by atoms with E-state index in [-0.39, 0.29) is 0 Å². The largest absolute Gasteiger partial charge is 0.353 e. The third-order valence-corrected chi connectivity index (χ3v) is 4.49. The van der Waals surface area contributed by atoms with Crippen molar-refractivity contribution in [3.8, 4) is 0 Å². The number of likely N-dealkylation sites (N-methyl/N-ethyl adjacent to an activating group) is 1. The number of nitrogens with zero attached hydrogens (tertiary/aromatic N) is 6. The summed E-state index contributed by atoms with van der Waals surface area (Å²) in [4.78, 5) is 14.9. The highest BCUT2D eigenvalue weighted by atomic mass is 15.3. The summed E-state index contributed by atoms with van der Waals surface area (Å²) in [6, 6.07) is 16.4. The van der Waals surface area contributed by atoms with Crippen molar-refractivity contribution >= 4 is 28.5 Å². The summed E-state index contributed by atoms with van der Waals surface area (Å²) in [6.07, 6.45) is 3.38. The number of nitrogens with one attached hydrogen (secondary N) is 2. The SMILES string of the molecule is CN(C)CCNc1ncnc(Nc2ccc3c(cnn3Cc3ccccc3)c2)n1. The van der Waals surface area contributed by atoms with E-state index >= 15 is 0 Å². The highest BCUT2D eigenvalue weighted by molar-refractivity contribution is 5.83. The molecule has 148 valence electrons. The zero-order valence-corrected chi connectivity index (χ0v) is 16.6. The van der Waals surface area contributed by atoms with Crippen LogP contribution in [0.3, 0.4) is 0 Å². The second kappa shape index (κ2) is 8.66. The van der Waals surface area contributed by atoms with Gasteiger partial charge in [-0.25, -0.2) is 9.97 Å². The number of benzene rings is 2. The molecule has 0 aliphatic carbocycles. The molecular formula is C21H24N8. The second-order valence-electron chi connectivity index (χ2n) is 7.05. The Balaban J connectivity index is 1.46. The summed E-state index contributed by atoms with van der Waals surface area (Å²) in [5.41, 5.74) is 3.21. The van der Waals surface area contributed by atoms with Crippen LogP contribution in [0.15, 0.2) is 61.1 Å². The summed E-state index contributed by atoms with van der Waals surface area (Å²) >= 11 is 0. The zero-order valence-electron chi connectivity index (χ0n) is 16.6. The third-order valence-electron chi connectivity index (χ3n) is 4.49. The molecule has 0 unspecified atom stereocenters. The van der Waals surface area contributed by atoms with E-state index in [1.54, 1.807) is 0 Å². The van der Waals surface area contributed by atoms with Gasteiger partial charge in [-0.15, -0.1) is 0 Å². The van der Waals surface area contributed by atoms with E-state index in [0.29, 0.717) is 11.9 Å². The molecule has 8 nitrogen and oxygen atoms in total. The Bertz CT molecular complexity index is 1070. The monoisotopic (exact) mass is 388 g/mol. The van der Waals surface area contributed by atoms with Gasteiger partial charge in [0.05, 0.1) is 18.3 Å². The molecule has 0 radical (unpaired) electrons. The first kappa shape index (κ1) is 18.8. The molecule has 2 aromatic heterocycles. The second-order valence-corrected chi connectivity index (χ2v) is 7.05. The van der Waals surface area contributed by atoms with Crippen molar-refractivity contribution in [2.75, 3.05) is 37.8 Å². The summed E-state index contributed by atoms with van der Waals surface area (Å²) in [6.45, 7) is 2.41. The van der Waals surface area contributed by atoms with Gasteiger partial charge in [-0.1, -0.05) is 30.3 Å². The molecule has 4 rings (SSSR count). The van der Waals surface area contributed by atoms with Crippen molar-refractivity contribution in [3.63, 3.8) is 0 Å². The fourth-order valence-corrected chi connectivity index (χ4v) is 3.01. The molecule has 0 aliphatic rings. The number of hydrogen-bond donors (Lipinski definition) is 2. The number of hydrogen-bond acceptors (Lipinski definition) is 7. The van der Waals surface area contributed by atoms with Gasteiger partial charge in [0.1, 0.15) is 6.33 Å². The number of aromatic nitrogens is 5. The van der Waals surface area contributed by atoms with Gasteiger partial charge in [-0.05, 0) is 37.9 Å². The predicted molar refractivity (Wildman–Crippen MR) is 115 cm³/mol. The summed E-state index contributed by atoms with van der Waals surface area (Å²) in [5, 5.41) is 12.0. The van der Waals surface area contributed by atoms with E-state index in [4.69, 9.17) is 0 Å². The van der Waals surface area contributed by atoms with Crippen LogP contribution in [0.25, 0.3) is 10.9 Å². The van der Waals surface area contributed by atoms with E-state index in [0.717, 1.165) is 36.2 Å². The summed E-state index contributed by atoms with van der Waals surface area (Å²) in [5.74, 6) is 1.06. The Labute approximate surface area is 169 Å². The minimum absolute atomic E-state index is 0.503. The first-order valence-corrected chi connectivity index (χ1v) is 9.51. The van der Waals surface area contributed by atoms with Crippen molar-refractivity contribution in [1.29, 1.82) is 0 Å². The van der Waals surface area contributed by atoms with Crippen molar-refractivity contribution in [2.24, 2.45) is 0 Å². The molecule has 0 bridgehead atoms. The molecule has 2 N–H and O–H groups in total. The highest BCUT2D eigenvalue weighted by Crippen LogP contribution is 2.22. The topological polar surface area (TPSA) is 83.8 Å². The quantitative estimate of drug-likeness (QED) is 0.480. The van der Waals surface area contributed by atoms with Gasteiger partial charge >= 0.3 is 0 Å². The molecule has 0 spiro atoms. The molecule has 2 heterocycles. The van der Waals surface area contributed by atoms with Crippen LogP contribution in [-0.4, -0.2) is 56.8 Å². The molecule has 0 saturated heterocycles. The lowest BCUT2D eigenvalue weighted by Crippen LogP contribution is -2.21. The molecular weight excluding hydrogens is 364 g/mol. The maximum Gasteiger partial charge on any atom is 0.231 e. The lowest BCUT2D eigenvalue weighted by Gasteiger charge is -2.11. The van der Waals surface area contributed by atoms with Gasteiger partial charge < -0.3 is 15.5 Å². The maximum atomic E-state index is 4.53. The molecule has 0 amide bonds. The van der Waals surface area contributed by atoms with Crippen LogP contribution in [0.5, 0.6) is 0 Å². The fourth-order valence-electron chi connectivity index (χ4n) is 3.01. The Morgan fingerprint density at radius 3 is 2.66 bits per heavy atom.